The number of hydrogen-bond acceptors (Lipinski definition) is 4. The van der Waals surface area contributed by atoms with Crippen molar-refractivity contribution in [1.29, 1.82) is 0 Å². The fraction of sp³-hybridized carbons (Fsp3) is 0.800. The first-order valence-electron chi connectivity index (χ1n) is 10.1. The van der Waals surface area contributed by atoms with Gasteiger partial charge in [-0.05, 0) is 50.4 Å². The van der Waals surface area contributed by atoms with Crippen LogP contribution in [0.1, 0.15) is 59.8 Å². The number of amides is 4. The molecule has 156 valence electrons. The fourth-order valence-corrected chi connectivity index (χ4v) is 5.53. The van der Waals surface area contributed by atoms with E-state index in [1.54, 1.807) is 0 Å². The molecule has 0 aromatic carbocycles. The topological polar surface area (TPSA) is 107 Å². The van der Waals surface area contributed by atoms with E-state index in [2.05, 4.69) is 26.1 Å². The van der Waals surface area contributed by atoms with Crippen molar-refractivity contribution in [2.75, 3.05) is 13.1 Å². The van der Waals surface area contributed by atoms with Gasteiger partial charge in [-0.2, -0.15) is 0 Å². The monoisotopic (exact) mass is 393 g/mol. The van der Waals surface area contributed by atoms with E-state index in [0.717, 1.165) is 11.3 Å². The molecule has 2 aliphatic heterocycles. The molecule has 8 heteroatoms. The number of nitrogens with zero attached hydrogens (tertiary/aromatic N) is 2. The van der Waals surface area contributed by atoms with Gasteiger partial charge in [-0.1, -0.05) is 20.8 Å². The van der Waals surface area contributed by atoms with Crippen LogP contribution in [-0.2, 0) is 14.4 Å². The molecule has 4 atom stereocenters. The summed E-state index contributed by atoms with van der Waals surface area (Å²) in [4.78, 5) is 52.4. The number of carboxylic acid groups (broad SMARTS) is 1. The summed E-state index contributed by atoms with van der Waals surface area (Å²) in [6.07, 6.45) is 3.24. The Balaban J connectivity index is 1.74. The highest BCUT2D eigenvalue weighted by atomic mass is 16.4. The molecule has 0 bridgehead atoms. The first-order valence-corrected chi connectivity index (χ1v) is 10.1. The largest absolute Gasteiger partial charge is 0.481 e. The molecule has 1 aliphatic carbocycles. The molecular weight excluding hydrogens is 362 g/mol. The van der Waals surface area contributed by atoms with E-state index in [1.165, 1.54) is 4.90 Å². The Labute approximate surface area is 165 Å². The molecule has 2 heterocycles. The van der Waals surface area contributed by atoms with Crippen molar-refractivity contribution in [1.82, 2.24) is 15.1 Å². The summed E-state index contributed by atoms with van der Waals surface area (Å²) in [7, 11) is 0. The Morgan fingerprint density at radius 1 is 1.18 bits per heavy atom. The number of aliphatic carboxylic acids is 1. The predicted molar refractivity (Wildman–Crippen MR) is 101 cm³/mol. The third kappa shape index (κ3) is 3.73. The Bertz CT molecular complexity index is 706. The van der Waals surface area contributed by atoms with Crippen LogP contribution in [-0.4, -0.2) is 63.4 Å². The van der Waals surface area contributed by atoms with Crippen LogP contribution < -0.4 is 5.32 Å². The van der Waals surface area contributed by atoms with Crippen molar-refractivity contribution in [3.63, 3.8) is 0 Å². The summed E-state index contributed by atoms with van der Waals surface area (Å²) in [6, 6.07) is -0.630. The van der Waals surface area contributed by atoms with Gasteiger partial charge in [-0.3, -0.25) is 19.3 Å². The lowest BCUT2D eigenvalue weighted by Gasteiger charge is -2.43. The summed E-state index contributed by atoms with van der Waals surface area (Å²) in [5.41, 5.74) is -1.01. The van der Waals surface area contributed by atoms with Gasteiger partial charge in [0.1, 0.15) is 12.1 Å². The van der Waals surface area contributed by atoms with Gasteiger partial charge < -0.3 is 15.3 Å². The van der Waals surface area contributed by atoms with Crippen LogP contribution in [0.5, 0.6) is 0 Å². The maximum atomic E-state index is 13.2. The van der Waals surface area contributed by atoms with Gasteiger partial charge in [-0.25, -0.2) is 4.79 Å². The lowest BCUT2D eigenvalue weighted by molar-refractivity contribution is -0.149. The van der Waals surface area contributed by atoms with E-state index < -0.39 is 23.5 Å². The molecule has 8 nitrogen and oxygen atoms in total. The fourth-order valence-electron chi connectivity index (χ4n) is 5.53. The van der Waals surface area contributed by atoms with Crippen molar-refractivity contribution in [2.45, 2.75) is 71.4 Å². The zero-order chi connectivity index (χ0) is 20.9. The molecule has 1 saturated carbocycles. The van der Waals surface area contributed by atoms with Gasteiger partial charge in [0.25, 0.3) is 5.91 Å². The molecule has 28 heavy (non-hydrogen) atoms. The van der Waals surface area contributed by atoms with Crippen LogP contribution in [0.25, 0.3) is 0 Å². The van der Waals surface area contributed by atoms with Crippen LogP contribution >= 0.6 is 0 Å². The predicted octanol–water partition coefficient (Wildman–Crippen LogP) is 1.83. The smallest absolute Gasteiger partial charge is 0.325 e. The highest BCUT2D eigenvalue weighted by Crippen LogP contribution is 2.46. The van der Waals surface area contributed by atoms with E-state index in [-0.39, 0.29) is 36.4 Å². The minimum Gasteiger partial charge on any atom is -0.481 e. The van der Waals surface area contributed by atoms with Crippen molar-refractivity contribution >= 4 is 23.8 Å². The first kappa shape index (κ1) is 20.6. The highest BCUT2D eigenvalue weighted by Gasteiger charge is 2.56. The summed E-state index contributed by atoms with van der Waals surface area (Å²) in [5, 5.41) is 12.1. The number of carboxylic acids is 1. The number of imide groups is 1. The van der Waals surface area contributed by atoms with Gasteiger partial charge in [0.2, 0.25) is 5.91 Å². The van der Waals surface area contributed by atoms with Crippen molar-refractivity contribution in [3.05, 3.63) is 0 Å². The van der Waals surface area contributed by atoms with Gasteiger partial charge >= 0.3 is 12.0 Å². The third-order valence-corrected chi connectivity index (χ3v) is 6.47. The molecule has 0 radical (unpaired) electrons. The lowest BCUT2D eigenvalue weighted by Crippen LogP contribution is -2.55. The average Bonchev–Trinajstić information content (AvgIpc) is 2.76. The molecule has 4 amide bonds. The normalized spacial score (nSPS) is 35.2. The summed E-state index contributed by atoms with van der Waals surface area (Å²) >= 11 is 0. The third-order valence-electron chi connectivity index (χ3n) is 6.47. The Morgan fingerprint density at radius 2 is 1.86 bits per heavy atom. The van der Waals surface area contributed by atoms with Gasteiger partial charge in [0, 0.05) is 12.6 Å². The zero-order valence-corrected chi connectivity index (χ0v) is 17.2. The summed E-state index contributed by atoms with van der Waals surface area (Å²) in [6.45, 7) is 7.93. The molecule has 2 saturated heterocycles. The van der Waals surface area contributed by atoms with Crippen molar-refractivity contribution < 1.29 is 24.3 Å². The van der Waals surface area contributed by atoms with E-state index in [4.69, 9.17) is 0 Å². The van der Waals surface area contributed by atoms with Crippen molar-refractivity contribution in [3.8, 4) is 0 Å². The van der Waals surface area contributed by atoms with Crippen LogP contribution in [0, 0.1) is 17.3 Å². The maximum Gasteiger partial charge on any atom is 0.325 e. The number of piperidine rings is 1. The number of nitrogens with one attached hydrogen (secondary N) is 1. The summed E-state index contributed by atoms with van der Waals surface area (Å²) < 4.78 is 0. The second-order valence-corrected chi connectivity index (χ2v) is 9.77. The van der Waals surface area contributed by atoms with E-state index in [0.29, 0.717) is 31.6 Å². The zero-order valence-electron chi connectivity index (χ0n) is 17.2. The number of carbonyl (C=O) groups excluding carboxylic acids is 3. The quantitative estimate of drug-likeness (QED) is 0.712. The molecule has 4 unspecified atom stereocenters. The van der Waals surface area contributed by atoms with Crippen molar-refractivity contribution in [2.24, 2.45) is 17.3 Å². The minimum absolute atomic E-state index is 0.0727. The molecule has 3 fully saturated rings. The number of carbonyl (C=O) groups is 4. The summed E-state index contributed by atoms with van der Waals surface area (Å²) in [5.74, 6) is -1.93. The van der Waals surface area contributed by atoms with Crippen LogP contribution in [0.15, 0.2) is 0 Å². The molecule has 3 rings (SSSR count). The maximum absolute atomic E-state index is 13.2. The molecule has 2 N–H and O–H groups in total. The Hall–Kier alpha value is -2.12. The number of rotatable bonds is 3. The van der Waals surface area contributed by atoms with Crippen LogP contribution in [0.3, 0.4) is 0 Å². The minimum atomic E-state index is -0.935. The van der Waals surface area contributed by atoms with Crippen LogP contribution in [0.4, 0.5) is 4.79 Å². The van der Waals surface area contributed by atoms with Gasteiger partial charge in [-0.15, -0.1) is 0 Å². The molecule has 0 aromatic heterocycles. The number of likely N-dealkylation sites (tertiary alicyclic amines) is 1. The second kappa shape index (κ2) is 7.04. The molecular formula is C20H31N3O5. The standard InChI is InChI=1S/C20H31N3O5/c1-12-7-19(3,4)11-20(8-12)17(27)23(18(28)21-20)10-15(24)22-9-14(16(25)26)6-5-13(22)2/h12-14H,5-11H2,1-4H3,(H,21,28)(H,25,26). The number of hydrogen-bond donors (Lipinski definition) is 2. The van der Waals surface area contributed by atoms with Gasteiger partial charge in [0.05, 0.1) is 5.92 Å². The Morgan fingerprint density at radius 3 is 2.46 bits per heavy atom. The number of urea groups is 1. The first-order chi connectivity index (χ1) is 12.9. The lowest BCUT2D eigenvalue weighted by atomic mass is 9.64. The highest BCUT2D eigenvalue weighted by molar-refractivity contribution is 6.09. The molecule has 3 aliphatic rings. The van der Waals surface area contributed by atoms with Gasteiger partial charge in [0.15, 0.2) is 0 Å². The second-order valence-electron chi connectivity index (χ2n) is 9.77. The van der Waals surface area contributed by atoms with E-state index in [9.17, 15) is 24.3 Å². The SMILES string of the molecule is CC1CC(C)(C)CC2(C1)NC(=O)N(CC(=O)N1CC(C(=O)O)CCC1C)C2=O. The van der Waals surface area contributed by atoms with E-state index >= 15 is 0 Å². The molecule has 0 aromatic rings. The van der Waals surface area contributed by atoms with E-state index in [1.807, 2.05) is 6.92 Å². The molecule has 1 spiro atoms. The average molecular weight is 393 g/mol. The van der Waals surface area contributed by atoms with Crippen LogP contribution in [0.2, 0.25) is 0 Å². The Kier molecular flexibility index (Phi) is 5.18.